The molecule has 3 rings (SSSR count). The number of halogens is 3. The van der Waals surface area contributed by atoms with E-state index in [9.17, 15) is 23.2 Å². The molecule has 36 heavy (non-hydrogen) atoms. The molecule has 0 bridgehead atoms. The van der Waals surface area contributed by atoms with E-state index in [1.807, 2.05) is 6.07 Å². The maximum atomic E-state index is 13.5. The van der Waals surface area contributed by atoms with E-state index < -0.39 is 23.2 Å². The number of nitrogen functional groups attached to an aromatic ring is 1. The summed E-state index contributed by atoms with van der Waals surface area (Å²) in [7, 11) is 0. The number of benzene rings is 1. The van der Waals surface area contributed by atoms with Crippen LogP contribution in [0, 0.1) is 11.3 Å². The molecule has 0 spiro atoms. The summed E-state index contributed by atoms with van der Waals surface area (Å²) in [6.45, 7) is 5.02. The molecule has 13 heteroatoms. The zero-order valence-electron chi connectivity index (χ0n) is 19.8. The highest BCUT2D eigenvalue weighted by Gasteiger charge is 2.41. The molecule has 0 aliphatic carbocycles. The number of ether oxygens (including phenoxy) is 2. The van der Waals surface area contributed by atoms with Gasteiger partial charge in [-0.3, -0.25) is 9.69 Å². The minimum absolute atomic E-state index is 0.0197. The molecule has 1 aromatic carbocycles. The Balaban J connectivity index is 1.97. The number of morpholine rings is 1. The summed E-state index contributed by atoms with van der Waals surface area (Å²) >= 11 is 0. The van der Waals surface area contributed by atoms with Gasteiger partial charge in [0, 0.05) is 18.8 Å². The Kier molecular flexibility index (Phi) is 8.67. The highest BCUT2D eigenvalue weighted by molar-refractivity contribution is 5.99. The molecule has 0 saturated carbocycles. The van der Waals surface area contributed by atoms with E-state index in [0.717, 1.165) is 12.1 Å². The number of nitriles is 1. The molecular formula is C23H28F3N7O3. The fourth-order valence-corrected chi connectivity index (χ4v) is 3.88. The van der Waals surface area contributed by atoms with Crippen LogP contribution in [0.5, 0.6) is 5.88 Å². The molecule has 1 atom stereocenters. The lowest BCUT2D eigenvalue weighted by Crippen LogP contribution is -2.50. The quantitative estimate of drug-likeness (QED) is 0.464. The number of nitrogens with one attached hydrogen (secondary N) is 1. The third kappa shape index (κ3) is 6.39. The molecule has 1 fully saturated rings. The van der Waals surface area contributed by atoms with Crippen molar-refractivity contribution >= 4 is 17.5 Å². The molecule has 5 N–H and O–H groups in total. The van der Waals surface area contributed by atoms with Crippen LogP contribution in [0.2, 0.25) is 0 Å². The third-order valence-electron chi connectivity index (χ3n) is 5.71. The summed E-state index contributed by atoms with van der Waals surface area (Å²) < 4.78 is 50.3. The fourth-order valence-electron chi connectivity index (χ4n) is 3.88. The van der Waals surface area contributed by atoms with Crippen molar-refractivity contribution in [2.45, 2.75) is 31.5 Å². The Morgan fingerprint density at radius 1 is 1.31 bits per heavy atom. The van der Waals surface area contributed by atoms with Gasteiger partial charge in [-0.15, -0.1) is 0 Å². The molecule has 0 unspecified atom stereocenters. The number of alkyl halides is 3. The predicted molar refractivity (Wildman–Crippen MR) is 125 cm³/mol. The number of hydrogen-bond donors (Lipinski definition) is 3. The second kappa shape index (κ2) is 11.5. The van der Waals surface area contributed by atoms with Crippen LogP contribution < -0.4 is 21.5 Å². The Bertz CT molecular complexity index is 1120. The number of rotatable bonds is 9. The maximum absolute atomic E-state index is 13.5. The summed E-state index contributed by atoms with van der Waals surface area (Å²) in [6.07, 6.45) is -4.16. The van der Waals surface area contributed by atoms with Crippen LogP contribution in [0.3, 0.4) is 0 Å². The topological polar surface area (TPSA) is 152 Å². The average Bonchev–Trinajstić information content (AvgIpc) is 2.84. The Morgan fingerprint density at radius 3 is 2.67 bits per heavy atom. The van der Waals surface area contributed by atoms with Crippen molar-refractivity contribution in [1.82, 2.24) is 14.9 Å². The van der Waals surface area contributed by atoms with Gasteiger partial charge in [0.1, 0.15) is 17.2 Å². The second-order valence-electron chi connectivity index (χ2n) is 8.22. The Morgan fingerprint density at radius 2 is 2.03 bits per heavy atom. The number of aromatic nitrogens is 2. The highest BCUT2D eigenvalue weighted by Crippen LogP contribution is 2.33. The van der Waals surface area contributed by atoms with E-state index in [-0.39, 0.29) is 41.8 Å². The lowest BCUT2D eigenvalue weighted by Gasteiger charge is -2.31. The maximum Gasteiger partial charge on any atom is 0.416 e. The second-order valence-corrected chi connectivity index (χ2v) is 8.22. The van der Waals surface area contributed by atoms with Crippen LogP contribution in [-0.2, 0) is 21.2 Å². The summed E-state index contributed by atoms with van der Waals surface area (Å²) in [4.78, 5) is 23.7. The highest BCUT2D eigenvalue weighted by atomic mass is 19.4. The van der Waals surface area contributed by atoms with E-state index in [2.05, 4.69) is 20.2 Å². The van der Waals surface area contributed by atoms with Crippen molar-refractivity contribution in [3.63, 3.8) is 0 Å². The summed E-state index contributed by atoms with van der Waals surface area (Å²) in [5.41, 5.74) is 9.17. The number of hydrogen-bond acceptors (Lipinski definition) is 9. The van der Waals surface area contributed by atoms with Crippen molar-refractivity contribution in [2.75, 3.05) is 50.5 Å². The molecule has 0 radical (unpaired) electrons. The van der Waals surface area contributed by atoms with E-state index >= 15 is 0 Å². The summed E-state index contributed by atoms with van der Waals surface area (Å²) in [5, 5.41) is 12.3. The van der Waals surface area contributed by atoms with Gasteiger partial charge in [-0.2, -0.15) is 23.4 Å². The molecule has 2 aromatic rings. The van der Waals surface area contributed by atoms with Gasteiger partial charge in [-0.05, 0) is 44.5 Å². The number of carbonyl (C=O) groups is 1. The van der Waals surface area contributed by atoms with Gasteiger partial charge in [0.2, 0.25) is 11.8 Å². The van der Waals surface area contributed by atoms with Crippen LogP contribution >= 0.6 is 0 Å². The fraction of sp³-hybridized carbons (Fsp3) is 0.478. The number of carbonyl (C=O) groups excluding carboxylic acids is 1. The molecule has 194 valence electrons. The van der Waals surface area contributed by atoms with Gasteiger partial charge < -0.3 is 26.3 Å². The third-order valence-corrected chi connectivity index (χ3v) is 5.71. The number of amides is 1. The molecule has 1 amide bonds. The van der Waals surface area contributed by atoms with E-state index in [1.165, 1.54) is 12.1 Å². The summed E-state index contributed by atoms with van der Waals surface area (Å²) in [6, 6.07) is 6.11. The minimum Gasteiger partial charge on any atom is -0.477 e. The normalized spacial score (nSPS) is 16.1. The van der Waals surface area contributed by atoms with Crippen molar-refractivity contribution < 1.29 is 27.4 Å². The van der Waals surface area contributed by atoms with Crippen LogP contribution in [0.1, 0.15) is 36.6 Å². The van der Waals surface area contributed by atoms with Crippen LogP contribution in [0.4, 0.5) is 24.8 Å². The van der Waals surface area contributed by atoms with Crippen molar-refractivity contribution in [3.05, 3.63) is 41.1 Å². The van der Waals surface area contributed by atoms with E-state index in [4.69, 9.17) is 20.9 Å². The molecule has 10 nitrogen and oxygen atoms in total. The number of nitrogens with zero attached hydrogens (tertiary/aromatic N) is 4. The molecule has 2 heterocycles. The predicted octanol–water partition coefficient (Wildman–Crippen LogP) is 2.25. The first-order valence-corrected chi connectivity index (χ1v) is 11.4. The zero-order valence-corrected chi connectivity index (χ0v) is 19.8. The zero-order chi connectivity index (χ0) is 26.3. The van der Waals surface area contributed by atoms with Crippen molar-refractivity contribution in [2.24, 2.45) is 5.73 Å². The lowest BCUT2D eigenvalue weighted by atomic mass is 9.86. The monoisotopic (exact) mass is 507 g/mol. The first-order valence-electron chi connectivity index (χ1n) is 11.4. The van der Waals surface area contributed by atoms with E-state index in [1.54, 1.807) is 6.92 Å². The van der Waals surface area contributed by atoms with Crippen molar-refractivity contribution in [3.8, 4) is 11.9 Å². The van der Waals surface area contributed by atoms with Gasteiger partial charge in [0.25, 0.3) is 5.91 Å². The van der Waals surface area contributed by atoms with Crippen LogP contribution in [0.15, 0.2) is 24.3 Å². The van der Waals surface area contributed by atoms with Gasteiger partial charge in [0.05, 0.1) is 31.1 Å². The van der Waals surface area contributed by atoms with Gasteiger partial charge in [-0.25, -0.2) is 4.98 Å². The van der Waals surface area contributed by atoms with Gasteiger partial charge in [0.15, 0.2) is 0 Å². The SMILES string of the molecule is CCOc1nc(N)nc([C@](N)(CCCN2CCOCC2)C(=O)Nc2cccc(C(F)(F)F)c2)c1C#N. The molecule has 1 aliphatic rings. The summed E-state index contributed by atoms with van der Waals surface area (Å²) in [5.74, 6) is -1.24. The van der Waals surface area contributed by atoms with Crippen molar-refractivity contribution in [1.29, 1.82) is 5.26 Å². The molecule has 1 aromatic heterocycles. The van der Waals surface area contributed by atoms with Crippen LogP contribution in [-0.4, -0.2) is 60.2 Å². The number of anilines is 2. The first kappa shape index (κ1) is 27.1. The minimum atomic E-state index is -4.60. The standard InChI is InChI=1S/C23H28F3N7O3/c1-2-36-19-17(14-27)18(31-21(28)32-19)22(29,7-4-8-33-9-11-35-12-10-33)20(34)30-16-6-3-5-15(13-16)23(24,25)26/h3,5-6,13H,2,4,7-12,29H2,1H3,(H,30,34)(H2,28,31,32)/t22-/m1/s1. The Hall–Kier alpha value is -3.47. The number of nitrogens with two attached hydrogens (primary N) is 2. The van der Waals surface area contributed by atoms with Crippen LogP contribution in [0.25, 0.3) is 0 Å². The first-order chi connectivity index (χ1) is 17.1. The average molecular weight is 508 g/mol. The van der Waals surface area contributed by atoms with E-state index in [0.29, 0.717) is 39.3 Å². The van der Waals surface area contributed by atoms with Gasteiger partial charge in [-0.1, -0.05) is 6.07 Å². The largest absolute Gasteiger partial charge is 0.477 e. The lowest BCUT2D eigenvalue weighted by molar-refractivity contribution is -0.137. The molecule has 1 saturated heterocycles. The smallest absolute Gasteiger partial charge is 0.416 e. The van der Waals surface area contributed by atoms with Gasteiger partial charge >= 0.3 is 6.18 Å². The Labute approximate surface area is 206 Å². The molecule has 1 aliphatic heterocycles. The molecular weight excluding hydrogens is 479 g/mol.